The van der Waals surface area contributed by atoms with Gasteiger partial charge < -0.3 is 19.3 Å². The fourth-order valence-corrected chi connectivity index (χ4v) is 3.31. The third kappa shape index (κ3) is 4.19. The van der Waals surface area contributed by atoms with Crippen LogP contribution in [0.4, 0.5) is 0 Å². The number of rotatable bonds is 5. The van der Waals surface area contributed by atoms with Gasteiger partial charge in [-0.1, -0.05) is 12.1 Å². The summed E-state index contributed by atoms with van der Waals surface area (Å²) in [6.45, 7) is 0. The molecule has 5 nitrogen and oxygen atoms in total. The molecule has 0 aromatic heterocycles. The van der Waals surface area contributed by atoms with Crippen LogP contribution in [0.1, 0.15) is 30.4 Å². The number of carbonyl (C=O) groups excluding carboxylic acids is 1. The molecule has 0 bridgehead atoms. The summed E-state index contributed by atoms with van der Waals surface area (Å²) in [4.78, 5) is 13.0. The van der Waals surface area contributed by atoms with Crippen molar-refractivity contribution in [2.75, 3.05) is 21.3 Å². The van der Waals surface area contributed by atoms with Crippen LogP contribution >= 0.6 is 0 Å². The van der Waals surface area contributed by atoms with Gasteiger partial charge in [-0.3, -0.25) is 4.79 Å². The van der Waals surface area contributed by atoms with Crippen LogP contribution in [-0.4, -0.2) is 32.2 Å². The van der Waals surface area contributed by atoms with Crippen LogP contribution in [0.5, 0.6) is 23.0 Å². The quantitative estimate of drug-likeness (QED) is 0.766. The van der Waals surface area contributed by atoms with E-state index in [0.717, 1.165) is 41.5 Å². The van der Waals surface area contributed by atoms with Crippen LogP contribution < -0.4 is 14.2 Å². The Hall–Kier alpha value is -3.21. The molecule has 2 aromatic rings. The van der Waals surface area contributed by atoms with Crippen molar-refractivity contribution in [3.05, 3.63) is 58.7 Å². The molecule has 0 atom stereocenters. The topological polar surface area (TPSA) is 65.0 Å². The largest absolute Gasteiger partial charge is 0.504 e. The molecule has 0 unspecified atom stereocenters. The van der Waals surface area contributed by atoms with Crippen molar-refractivity contribution in [2.24, 2.45) is 0 Å². The summed E-state index contributed by atoms with van der Waals surface area (Å²) < 4.78 is 15.7. The Kier molecular flexibility index (Phi) is 6.04. The summed E-state index contributed by atoms with van der Waals surface area (Å²) in [5, 5.41) is 9.74. The smallest absolute Gasteiger partial charge is 0.185 e. The summed E-state index contributed by atoms with van der Waals surface area (Å²) in [5.41, 5.74) is 3.25. The maximum Gasteiger partial charge on any atom is 0.185 e. The summed E-state index contributed by atoms with van der Waals surface area (Å²) in [6, 6.07) is 10.7. The normalized spacial score (nSPS) is 17.0. The van der Waals surface area contributed by atoms with Gasteiger partial charge >= 0.3 is 0 Å². The number of carbonyl (C=O) groups is 1. The van der Waals surface area contributed by atoms with Crippen LogP contribution in [0.3, 0.4) is 0 Å². The fourth-order valence-electron chi connectivity index (χ4n) is 3.31. The monoisotopic (exact) mass is 380 g/mol. The number of allylic oxidation sites excluding steroid dienone is 2. The van der Waals surface area contributed by atoms with Gasteiger partial charge in [0.15, 0.2) is 28.8 Å². The molecule has 1 N–H and O–H groups in total. The fraction of sp³-hybridized carbons (Fsp3) is 0.261. The van der Waals surface area contributed by atoms with Crippen LogP contribution in [0.15, 0.2) is 47.5 Å². The summed E-state index contributed by atoms with van der Waals surface area (Å²) in [6.07, 6.45) is 6.15. The highest BCUT2D eigenvalue weighted by Crippen LogP contribution is 2.33. The first-order valence-corrected chi connectivity index (χ1v) is 9.10. The van der Waals surface area contributed by atoms with Gasteiger partial charge in [-0.05, 0) is 66.8 Å². The van der Waals surface area contributed by atoms with Gasteiger partial charge in [-0.15, -0.1) is 0 Å². The summed E-state index contributed by atoms with van der Waals surface area (Å²) in [7, 11) is 4.69. The second-order valence-electron chi connectivity index (χ2n) is 6.57. The molecule has 0 radical (unpaired) electrons. The van der Waals surface area contributed by atoms with Crippen LogP contribution in [0.2, 0.25) is 0 Å². The zero-order valence-electron chi connectivity index (χ0n) is 16.3. The Morgan fingerprint density at radius 2 is 1.32 bits per heavy atom. The Morgan fingerprint density at radius 1 is 0.786 bits per heavy atom. The van der Waals surface area contributed by atoms with E-state index in [1.54, 1.807) is 32.4 Å². The predicted octanol–water partition coefficient (Wildman–Crippen LogP) is 4.64. The van der Waals surface area contributed by atoms with Crippen molar-refractivity contribution in [1.29, 1.82) is 0 Å². The number of phenolic OH excluding ortho intramolecular Hbond substituents is 1. The molecule has 0 amide bonds. The second-order valence-corrected chi connectivity index (χ2v) is 6.57. The van der Waals surface area contributed by atoms with Gasteiger partial charge in [0.1, 0.15) is 0 Å². The minimum Gasteiger partial charge on any atom is -0.504 e. The van der Waals surface area contributed by atoms with E-state index in [1.165, 1.54) is 7.11 Å². The lowest BCUT2D eigenvalue weighted by molar-refractivity contribution is -0.112. The zero-order chi connectivity index (χ0) is 20.1. The van der Waals surface area contributed by atoms with E-state index in [1.807, 2.05) is 30.4 Å². The van der Waals surface area contributed by atoms with Crippen molar-refractivity contribution in [2.45, 2.75) is 19.3 Å². The third-order valence-corrected chi connectivity index (χ3v) is 4.77. The Bertz CT molecular complexity index is 940. The van der Waals surface area contributed by atoms with E-state index in [-0.39, 0.29) is 11.5 Å². The number of methoxy groups -OCH3 is 3. The average molecular weight is 380 g/mol. The highest BCUT2D eigenvalue weighted by atomic mass is 16.5. The van der Waals surface area contributed by atoms with Crippen molar-refractivity contribution < 1.29 is 24.1 Å². The first kappa shape index (κ1) is 19.5. The van der Waals surface area contributed by atoms with Crippen molar-refractivity contribution in [1.82, 2.24) is 0 Å². The number of aromatic hydroxyl groups is 1. The Morgan fingerprint density at radius 3 is 1.89 bits per heavy atom. The summed E-state index contributed by atoms with van der Waals surface area (Å²) >= 11 is 0. The summed E-state index contributed by atoms with van der Waals surface area (Å²) in [5.74, 6) is 1.80. The maximum absolute atomic E-state index is 13.0. The molecule has 146 valence electrons. The molecule has 1 aliphatic carbocycles. The minimum absolute atomic E-state index is 0.0491. The molecule has 0 heterocycles. The molecule has 0 spiro atoms. The van der Waals surface area contributed by atoms with Crippen molar-refractivity contribution in [3.8, 4) is 23.0 Å². The standard InChI is InChI=1S/C23H24O5/c1-26-20-10-8-16(14-22(20)28-3)12-18-6-4-5-17(23(18)25)11-15-7-9-19(24)21(13-15)27-2/h7-14,24H,4-6H2,1-3H3/b17-11+,18-12+. The number of hydrogen-bond donors (Lipinski definition) is 1. The van der Waals surface area contributed by atoms with Gasteiger partial charge in [-0.2, -0.15) is 0 Å². The van der Waals surface area contributed by atoms with E-state index in [9.17, 15) is 9.90 Å². The number of ketones is 1. The second kappa shape index (κ2) is 8.65. The number of ether oxygens (including phenoxy) is 3. The number of phenols is 1. The van der Waals surface area contributed by atoms with Gasteiger partial charge in [0.2, 0.25) is 0 Å². The lowest BCUT2D eigenvalue weighted by atomic mass is 9.87. The van der Waals surface area contributed by atoms with Gasteiger partial charge in [-0.25, -0.2) is 0 Å². The molecule has 1 aliphatic rings. The molecule has 28 heavy (non-hydrogen) atoms. The maximum atomic E-state index is 13.0. The van der Waals surface area contributed by atoms with Gasteiger partial charge in [0.25, 0.3) is 0 Å². The lowest BCUT2D eigenvalue weighted by Gasteiger charge is -2.17. The van der Waals surface area contributed by atoms with Crippen LogP contribution in [0.25, 0.3) is 12.2 Å². The van der Waals surface area contributed by atoms with Crippen molar-refractivity contribution >= 4 is 17.9 Å². The lowest BCUT2D eigenvalue weighted by Crippen LogP contribution is -2.12. The predicted molar refractivity (Wildman–Crippen MR) is 109 cm³/mol. The van der Waals surface area contributed by atoms with E-state index in [2.05, 4.69) is 0 Å². The first-order valence-electron chi connectivity index (χ1n) is 9.10. The van der Waals surface area contributed by atoms with Gasteiger partial charge in [0, 0.05) is 11.1 Å². The van der Waals surface area contributed by atoms with Crippen molar-refractivity contribution in [3.63, 3.8) is 0 Å². The highest BCUT2D eigenvalue weighted by Gasteiger charge is 2.21. The van der Waals surface area contributed by atoms with E-state index >= 15 is 0 Å². The first-order chi connectivity index (χ1) is 13.5. The molecular weight excluding hydrogens is 356 g/mol. The molecule has 2 aromatic carbocycles. The van der Waals surface area contributed by atoms with Crippen LogP contribution in [0, 0.1) is 0 Å². The number of hydrogen-bond acceptors (Lipinski definition) is 5. The van der Waals surface area contributed by atoms with E-state index in [4.69, 9.17) is 14.2 Å². The molecule has 1 saturated carbocycles. The number of Topliss-reactive ketones (excluding diaryl/α,β-unsaturated/α-hetero) is 1. The SMILES string of the molecule is COc1cc(/C=C2\CCC/C(=C\c3ccc(OC)c(OC)c3)C2=O)ccc1O. The van der Waals surface area contributed by atoms with E-state index in [0.29, 0.717) is 17.2 Å². The average Bonchev–Trinajstić information content (AvgIpc) is 2.72. The molecule has 0 saturated heterocycles. The number of benzene rings is 2. The molecule has 3 rings (SSSR count). The van der Waals surface area contributed by atoms with Gasteiger partial charge in [0.05, 0.1) is 21.3 Å². The highest BCUT2D eigenvalue weighted by molar-refractivity contribution is 6.14. The molecule has 0 aliphatic heterocycles. The molecule has 1 fully saturated rings. The third-order valence-electron chi connectivity index (χ3n) is 4.77. The van der Waals surface area contributed by atoms with E-state index < -0.39 is 0 Å². The molecule has 5 heteroatoms. The molecular formula is C23H24O5. The minimum atomic E-state index is 0.0491. The Labute approximate surface area is 164 Å². The van der Waals surface area contributed by atoms with Crippen LogP contribution in [-0.2, 0) is 4.79 Å². The zero-order valence-corrected chi connectivity index (χ0v) is 16.3. The Balaban J connectivity index is 1.89.